The van der Waals surface area contributed by atoms with E-state index in [9.17, 15) is 4.79 Å². The Kier molecular flexibility index (Phi) is 5.42. The second-order valence-corrected chi connectivity index (χ2v) is 4.51. The van der Waals surface area contributed by atoms with Crippen molar-refractivity contribution in [3.05, 3.63) is 48.0 Å². The number of nitrogens with zero attached hydrogens (tertiary/aromatic N) is 1. The summed E-state index contributed by atoms with van der Waals surface area (Å²) in [6.07, 6.45) is 0. The molecule has 0 aromatic heterocycles. The molecule has 2 aromatic rings. The van der Waals surface area contributed by atoms with E-state index in [0.29, 0.717) is 28.5 Å². The van der Waals surface area contributed by atoms with Crippen molar-refractivity contribution in [3.63, 3.8) is 0 Å². The molecule has 0 aliphatic carbocycles. The maximum atomic E-state index is 12.0. The number of benzene rings is 2. The highest BCUT2D eigenvalue weighted by Gasteiger charge is 2.11. The Morgan fingerprint density at radius 2 is 1.91 bits per heavy atom. The van der Waals surface area contributed by atoms with Gasteiger partial charge in [-0.15, -0.1) is 0 Å². The molecule has 23 heavy (non-hydrogen) atoms. The lowest BCUT2D eigenvalue weighted by molar-refractivity contribution is -0.118. The molecule has 0 unspecified atom stereocenters. The molecule has 0 aliphatic rings. The van der Waals surface area contributed by atoms with Crippen LogP contribution in [0.2, 0.25) is 0 Å². The normalized spacial score (nSPS) is 9.61. The number of hydrogen-bond acceptors (Lipinski definition) is 5. The number of nitriles is 1. The Hall–Kier alpha value is -3.20. The third-order valence-electron chi connectivity index (χ3n) is 3.05. The molecule has 118 valence electrons. The molecule has 6 nitrogen and oxygen atoms in total. The minimum atomic E-state index is -0.371. The van der Waals surface area contributed by atoms with Gasteiger partial charge in [-0.25, -0.2) is 0 Å². The molecule has 0 saturated carbocycles. The molecule has 6 heteroatoms. The summed E-state index contributed by atoms with van der Waals surface area (Å²) in [7, 11) is 3.05. The Morgan fingerprint density at radius 3 is 2.61 bits per heavy atom. The van der Waals surface area contributed by atoms with E-state index < -0.39 is 0 Å². The molecule has 1 N–H and O–H groups in total. The van der Waals surface area contributed by atoms with Gasteiger partial charge in [0.05, 0.1) is 25.5 Å². The Bertz CT molecular complexity index is 738. The number of nitrogens with one attached hydrogen (secondary N) is 1. The molecule has 0 aliphatic heterocycles. The van der Waals surface area contributed by atoms with Gasteiger partial charge >= 0.3 is 0 Å². The van der Waals surface area contributed by atoms with Gasteiger partial charge in [0, 0.05) is 6.07 Å². The largest absolute Gasteiger partial charge is 0.497 e. The molecule has 0 fully saturated rings. The van der Waals surface area contributed by atoms with Crippen molar-refractivity contribution in [2.24, 2.45) is 0 Å². The van der Waals surface area contributed by atoms with Crippen molar-refractivity contribution >= 4 is 11.6 Å². The van der Waals surface area contributed by atoms with Gasteiger partial charge in [0.25, 0.3) is 5.91 Å². The van der Waals surface area contributed by atoms with Gasteiger partial charge in [0.15, 0.2) is 6.61 Å². The van der Waals surface area contributed by atoms with Crippen LogP contribution in [-0.4, -0.2) is 26.7 Å². The first-order valence-electron chi connectivity index (χ1n) is 6.81. The van der Waals surface area contributed by atoms with E-state index in [1.54, 1.807) is 42.5 Å². The first-order valence-corrected chi connectivity index (χ1v) is 6.81. The standard InChI is InChI=1S/C17H16N2O4/c1-21-13-7-8-16(22-2)14(9-13)19-17(20)11-23-15-6-4-3-5-12(15)10-18/h3-9H,11H2,1-2H3,(H,19,20). The zero-order valence-electron chi connectivity index (χ0n) is 12.8. The SMILES string of the molecule is COc1ccc(OC)c(NC(=O)COc2ccccc2C#N)c1. The lowest BCUT2D eigenvalue weighted by Gasteiger charge is -2.12. The average molecular weight is 312 g/mol. The summed E-state index contributed by atoms with van der Waals surface area (Å²) in [5, 5.41) is 11.7. The van der Waals surface area contributed by atoms with Crippen molar-refractivity contribution in [1.29, 1.82) is 5.26 Å². The van der Waals surface area contributed by atoms with Gasteiger partial charge in [0.2, 0.25) is 0 Å². The van der Waals surface area contributed by atoms with Crippen LogP contribution in [-0.2, 0) is 4.79 Å². The number of rotatable bonds is 6. The Balaban J connectivity index is 2.04. The van der Waals surface area contributed by atoms with Gasteiger partial charge in [-0.3, -0.25) is 4.79 Å². The fourth-order valence-electron chi connectivity index (χ4n) is 1.93. The first kappa shape index (κ1) is 16.2. The minimum Gasteiger partial charge on any atom is -0.497 e. The van der Waals surface area contributed by atoms with Gasteiger partial charge in [0.1, 0.15) is 23.3 Å². The van der Waals surface area contributed by atoms with Gasteiger partial charge in [-0.2, -0.15) is 5.26 Å². The number of anilines is 1. The molecule has 2 rings (SSSR count). The minimum absolute atomic E-state index is 0.223. The topological polar surface area (TPSA) is 80.6 Å². The van der Waals surface area contributed by atoms with Crippen LogP contribution in [0.4, 0.5) is 5.69 Å². The summed E-state index contributed by atoms with van der Waals surface area (Å²) in [4.78, 5) is 12.0. The molecule has 1 amide bonds. The van der Waals surface area contributed by atoms with Crippen LogP contribution < -0.4 is 19.5 Å². The molecule has 0 saturated heterocycles. The van der Waals surface area contributed by atoms with Crippen molar-refractivity contribution in [2.75, 3.05) is 26.1 Å². The lowest BCUT2D eigenvalue weighted by Crippen LogP contribution is -2.20. The smallest absolute Gasteiger partial charge is 0.262 e. The maximum Gasteiger partial charge on any atom is 0.262 e. The molecule has 0 atom stereocenters. The second kappa shape index (κ2) is 7.71. The fourth-order valence-corrected chi connectivity index (χ4v) is 1.93. The van der Waals surface area contributed by atoms with Crippen molar-refractivity contribution in [2.45, 2.75) is 0 Å². The fraction of sp³-hybridized carbons (Fsp3) is 0.176. The Labute approximate surface area is 134 Å². The molecule has 0 bridgehead atoms. The van der Waals surface area contributed by atoms with Crippen molar-refractivity contribution in [1.82, 2.24) is 0 Å². The monoisotopic (exact) mass is 312 g/mol. The van der Waals surface area contributed by atoms with Gasteiger partial charge in [-0.1, -0.05) is 12.1 Å². The first-order chi connectivity index (χ1) is 11.2. The zero-order chi connectivity index (χ0) is 16.7. The molecule has 0 radical (unpaired) electrons. The summed E-state index contributed by atoms with van der Waals surface area (Å²) >= 11 is 0. The van der Waals surface area contributed by atoms with Crippen LogP contribution in [0.5, 0.6) is 17.2 Å². The predicted octanol–water partition coefficient (Wildman–Crippen LogP) is 2.59. The lowest BCUT2D eigenvalue weighted by atomic mass is 10.2. The number of methoxy groups -OCH3 is 2. The van der Waals surface area contributed by atoms with Crippen LogP contribution in [0.25, 0.3) is 0 Å². The number of hydrogen-bond donors (Lipinski definition) is 1. The van der Waals surface area contributed by atoms with Crippen LogP contribution in [0.3, 0.4) is 0 Å². The number of para-hydroxylation sites is 1. The van der Waals surface area contributed by atoms with E-state index in [1.807, 2.05) is 6.07 Å². The summed E-state index contributed by atoms with van der Waals surface area (Å²) in [5.41, 5.74) is 0.855. The Morgan fingerprint density at radius 1 is 1.13 bits per heavy atom. The molecular formula is C17H16N2O4. The van der Waals surface area contributed by atoms with Crippen LogP contribution in [0, 0.1) is 11.3 Å². The van der Waals surface area contributed by atoms with E-state index in [4.69, 9.17) is 19.5 Å². The average Bonchev–Trinajstić information content (AvgIpc) is 2.60. The predicted molar refractivity (Wildman–Crippen MR) is 84.8 cm³/mol. The molecule has 2 aromatic carbocycles. The van der Waals surface area contributed by atoms with E-state index in [2.05, 4.69) is 5.32 Å². The number of carbonyl (C=O) groups is 1. The number of carbonyl (C=O) groups excluding carboxylic acids is 1. The third-order valence-corrected chi connectivity index (χ3v) is 3.05. The van der Waals surface area contributed by atoms with Crippen LogP contribution in [0.1, 0.15) is 5.56 Å². The van der Waals surface area contributed by atoms with Gasteiger partial charge < -0.3 is 19.5 Å². The summed E-state index contributed by atoms with van der Waals surface area (Å²) in [6.45, 7) is -0.223. The maximum absolute atomic E-state index is 12.0. The van der Waals surface area contributed by atoms with Crippen LogP contribution >= 0.6 is 0 Å². The van der Waals surface area contributed by atoms with E-state index in [0.717, 1.165) is 0 Å². The van der Waals surface area contributed by atoms with Crippen LogP contribution in [0.15, 0.2) is 42.5 Å². The summed E-state index contributed by atoms with van der Waals surface area (Å²) in [6, 6.07) is 13.8. The molecule has 0 heterocycles. The number of amides is 1. The summed E-state index contributed by atoms with van der Waals surface area (Å²) in [5.74, 6) is 1.10. The van der Waals surface area contributed by atoms with E-state index in [-0.39, 0.29) is 12.5 Å². The third kappa shape index (κ3) is 4.14. The molecular weight excluding hydrogens is 296 g/mol. The summed E-state index contributed by atoms with van der Waals surface area (Å²) < 4.78 is 15.7. The van der Waals surface area contributed by atoms with Crippen molar-refractivity contribution < 1.29 is 19.0 Å². The van der Waals surface area contributed by atoms with Crippen molar-refractivity contribution in [3.8, 4) is 23.3 Å². The highest BCUT2D eigenvalue weighted by Crippen LogP contribution is 2.28. The van der Waals surface area contributed by atoms with Gasteiger partial charge in [-0.05, 0) is 24.3 Å². The zero-order valence-corrected chi connectivity index (χ0v) is 12.8. The second-order valence-electron chi connectivity index (χ2n) is 4.51. The number of ether oxygens (including phenoxy) is 3. The quantitative estimate of drug-likeness (QED) is 0.886. The van der Waals surface area contributed by atoms with E-state index in [1.165, 1.54) is 14.2 Å². The van der Waals surface area contributed by atoms with E-state index >= 15 is 0 Å². The highest BCUT2D eigenvalue weighted by atomic mass is 16.5. The molecule has 0 spiro atoms. The highest BCUT2D eigenvalue weighted by molar-refractivity contribution is 5.93.